The fourth-order valence-electron chi connectivity index (χ4n) is 3.27. The molecule has 2 atom stereocenters. The third-order valence-corrected chi connectivity index (χ3v) is 4.74. The third kappa shape index (κ3) is 3.56. The maximum atomic E-state index is 6.34. The van der Waals surface area contributed by atoms with E-state index in [1.165, 1.54) is 11.1 Å². The average molecular weight is 345 g/mol. The minimum atomic E-state index is -0.0445. The van der Waals surface area contributed by atoms with Crippen LogP contribution >= 0.6 is 15.9 Å². The average Bonchev–Trinajstić information content (AvgIpc) is 2.76. The molecule has 0 amide bonds. The van der Waals surface area contributed by atoms with Gasteiger partial charge in [-0.2, -0.15) is 0 Å². The molecule has 1 aliphatic rings. The molecule has 110 valence electrons. The van der Waals surface area contributed by atoms with Crippen molar-refractivity contribution in [2.45, 2.75) is 44.3 Å². The normalized spacial score (nSPS) is 24.1. The van der Waals surface area contributed by atoms with Gasteiger partial charge in [-0.3, -0.25) is 0 Å². The Morgan fingerprint density at radius 1 is 1.05 bits per heavy atom. The van der Waals surface area contributed by atoms with E-state index in [2.05, 4.69) is 84.4 Å². The second-order valence-corrected chi connectivity index (χ2v) is 7.38. The van der Waals surface area contributed by atoms with Crippen LogP contribution in [-0.4, -0.2) is 11.7 Å². The van der Waals surface area contributed by atoms with Crippen LogP contribution in [0.25, 0.3) is 0 Å². The second-order valence-electron chi connectivity index (χ2n) is 6.47. The number of hydrogen-bond donors (Lipinski definition) is 0. The molecular weight excluding hydrogens is 324 g/mol. The largest absolute Gasteiger partial charge is 0.371 e. The molecule has 1 heterocycles. The predicted molar refractivity (Wildman–Crippen MR) is 90.6 cm³/mol. The second kappa shape index (κ2) is 5.94. The molecule has 2 aromatic carbocycles. The van der Waals surface area contributed by atoms with Crippen molar-refractivity contribution in [3.63, 3.8) is 0 Å². The molecule has 1 aliphatic heterocycles. The van der Waals surface area contributed by atoms with Crippen molar-refractivity contribution in [1.29, 1.82) is 0 Å². The molecule has 2 aromatic rings. The monoisotopic (exact) mass is 344 g/mol. The van der Waals surface area contributed by atoms with Gasteiger partial charge in [0.15, 0.2) is 0 Å². The lowest BCUT2D eigenvalue weighted by Crippen LogP contribution is -2.21. The maximum Gasteiger partial charge on any atom is 0.0692 e. The highest BCUT2D eigenvalue weighted by Gasteiger charge is 2.40. The number of hydrogen-bond acceptors (Lipinski definition) is 1. The smallest absolute Gasteiger partial charge is 0.0692 e. The van der Waals surface area contributed by atoms with Gasteiger partial charge < -0.3 is 4.74 Å². The first kappa shape index (κ1) is 14.8. The van der Waals surface area contributed by atoms with Crippen LogP contribution in [0.4, 0.5) is 0 Å². The van der Waals surface area contributed by atoms with Crippen molar-refractivity contribution >= 4 is 15.9 Å². The summed E-state index contributed by atoms with van der Waals surface area (Å²) in [5.41, 5.74) is 2.68. The van der Waals surface area contributed by atoms with Gasteiger partial charge in [0.2, 0.25) is 0 Å². The molecule has 1 nitrogen and oxygen atoms in total. The molecule has 0 spiro atoms. The Kier molecular flexibility index (Phi) is 4.19. The van der Waals surface area contributed by atoms with E-state index in [1.807, 2.05) is 0 Å². The lowest BCUT2D eigenvalue weighted by Gasteiger charge is -2.20. The van der Waals surface area contributed by atoms with E-state index >= 15 is 0 Å². The summed E-state index contributed by atoms with van der Waals surface area (Å²) in [6.07, 6.45) is 2.31. The zero-order chi connectivity index (χ0) is 14.9. The molecule has 21 heavy (non-hydrogen) atoms. The summed E-state index contributed by atoms with van der Waals surface area (Å²) in [5, 5.41) is 0. The zero-order valence-corrected chi connectivity index (χ0v) is 14.1. The van der Waals surface area contributed by atoms with Crippen molar-refractivity contribution in [1.82, 2.24) is 0 Å². The Labute approximate surface area is 135 Å². The Bertz CT molecular complexity index is 589. The highest BCUT2D eigenvalue weighted by Crippen LogP contribution is 2.42. The highest BCUT2D eigenvalue weighted by atomic mass is 79.9. The number of benzene rings is 2. The molecular formula is C19H21BrO. The van der Waals surface area contributed by atoms with E-state index in [0.717, 1.165) is 17.3 Å². The van der Waals surface area contributed by atoms with E-state index in [4.69, 9.17) is 4.74 Å². The molecule has 0 radical (unpaired) electrons. The van der Waals surface area contributed by atoms with Crippen LogP contribution in [0, 0.1) is 0 Å². The van der Waals surface area contributed by atoms with Gasteiger partial charge in [-0.05, 0) is 49.9 Å². The molecule has 1 fully saturated rings. The molecule has 0 aliphatic carbocycles. The first-order chi connectivity index (χ1) is 10.0. The molecule has 0 N–H and O–H groups in total. The van der Waals surface area contributed by atoms with Crippen molar-refractivity contribution in [2.24, 2.45) is 0 Å². The van der Waals surface area contributed by atoms with Gasteiger partial charge in [0, 0.05) is 10.4 Å². The Balaban J connectivity index is 1.84. The maximum absolute atomic E-state index is 6.34. The number of ether oxygens (including phenoxy) is 1. The van der Waals surface area contributed by atoms with Gasteiger partial charge in [0.1, 0.15) is 0 Å². The topological polar surface area (TPSA) is 9.23 Å². The molecule has 0 bridgehead atoms. The van der Waals surface area contributed by atoms with Crippen LogP contribution in [-0.2, 0) is 11.2 Å². The molecule has 0 aromatic heterocycles. The van der Waals surface area contributed by atoms with Gasteiger partial charge in [-0.15, -0.1) is 0 Å². The van der Waals surface area contributed by atoms with Gasteiger partial charge >= 0.3 is 0 Å². The Morgan fingerprint density at radius 2 is 1.71 bits per heavy atom. The van der Waals surface area contributed by atoms with Gasteiger partial charge in [-0.1, -0.05) is 58.4 Å². The molecule has 1 saturated heterocycles. The van der Waals surface area contributed by atoms with Crippen molar-refractivity contribution < 1.29 is 4.74 Å². The van der Waals surface area contributed by atoms with Crippen molar-refractivity contribution in [2.75, 3.05) is 0 Å². The fourth-order valence-corrected chi connectivity index (χ4v) is 3.54. The summed E-state index contributed by atoms with van der Waals surface area (Å²) in [4.78, 5) is 0. The van der Waals surface area contributed by atoms with Crippen molar-refractivity contribution in [3.05, 3.63) is 70.2 Å². The number of rotatable bonds is 3. The van der Waals surface area contributed by atoms with E-state index in [0.29, 0.717) is 5.92 Å². The fraction of sp³-hybridized carbons (Fsp3) is 0.368. The Morgan fingerprint density at radius 3 is 2.38 bits per heavy atom. The summed E-state index contributed by atoms with van der Waals surface area (Å²) in [5.74, 6) is 0.466. The lowest BCUT2D eigenvalue weighted by molar-refractivity contribution is -0.0165. The van der Waals surface area contributed by atoms with Gasteiger partial charge in [0.05, 0.1) is 11.7 Å². The van der Waals surface area contributed by atoms with Gasteiger partial charge in [-0.25, -0.2) is 0 Å². The van der Waals surface area contributed by atoms with E-state index in [-0.39, 0.29) is 11.7 Å². The van der Waals surface area contributed by atoms with Crippen LogP contribution in [0.15, 0.2) is 59.1 Å². The highest BCUT2D eigenvalue weighted by molar-refractivity contribution is 9.10. The first-order valence-electron chi connectivity index (χ1n) is 7.51. The van der Waals surface area contributed by atoms with E-state index in [9.17, 15) is 0 Å². The van der Waals surface area contributed by atoms with Crippen LogP contribution in [0.3, 0.4) is 0 Å². The quantitative estimate of drug-likeness (QED) is 0.729. The number of halogens is 1. The molecule has 0 unspecified atom stereocenters. The lowest BCUT2D eigenvalue weighted by atomic mass is 9.86. The molecule has 3 rings (SSSR count). The van der Waals surface area contributed by atoms with Crippen molar-refractivity contribution in [3.8, 4) is 0 Å². The summed E-state index contributed by atoms with van der Waals surface area (Å²) in [6, 6.07) is 19.3. The summed E-state index contributed by atoms with van der Waals surface area (Å²) in [6.45, 7) is 4.40. The minimum Gasteiger partial charge on any atom is -0.371 e. The van der Waals surface area contributed by atoms with Crippen LogP contribution in [0.2, 0.25) is 0 Å². The van der Waals surface area contributed by atoms with Crippen LogP contribution < -0.4 is 0 Å². The van der Waals surface area contributed by atoms with E-state index < -0.39 is 0 Å². The predicted octanol–water partition coefficient (Wildman–Crippen LogP) is 5.34. The summed E-state index contributed by atoms with van der Waals surface area (Å²) < 4.78 is 7.47. The Hall–Kier alpha value is -1.12. The standard InChI is InChI=1S/C19H21BrO/c1-19(2)13-17(15-8-10-16(20)11-9-15)18(21-19)12-14-6-4-3-5-7-14/h3-11,17-18H,12-13H2,1-2H3/t17-,18+/m1/s1. The summed E-state index contributed by atoms with van der Waals surface area (Å²) >= 11 is 3.51. The molecule has 2 heteroatoms. The minimum absolute atomic E-state index is 0.0445. The third-order valence-electron chi connectivity index (χ3n) is 4.21. The summed E-state index contributed by atoms with van der Waals surface area (Å²) in [7, 11) is 0. The van der Waals surface area contributed by atoms with E-state index in [1.54, 1.807) is 0 Å². The molecule has 0 saturated carbocycles. The zero-order valence-electron chi connectivity index (χ0n) is 12.6. The van der Waals surface area contributed by atoms with Crippen LogP contribution in [0.5, 0.6) is 0 Å². The first-order valence-corrected chi connectivity index (χ1v) is 8.30. The SMILES string of the molecule is CC1(C)C[C@H](c2ccc(Br)cc2)[C@H](Cc2ccccc2)O1. The van der Waals surface area contributed by atoms with Crippen LogP contribution in [0.1, 0.15) is 37.3 Å². The van der Waals surface area contributed by atoms with Gasteiger partial charge in [0.25, 0.3) is 0 Å².